The summed E-state index contributed by atoms with van der Waals surface area (Å²) < 4.78 is 5.11. The van der Waals surface area contributed by atoms with E-state index in [9.17, 15) is 0 Å². The standard InChI is InChI=1S/C6H13NO2/c1-5-3-9-4-6(8)2-7-5/h5-8H,2-4H2,1H3. The molecule has 0 aromatic carbocycles. The fourth-order valence-electron chi connectivity index (χ4n) is 0.836. The molecule has 0 aliphatic carbocycles. The van der Waals surface area contributed by atoms with Crippen LogP contribution < -0.4 is 5.32 Å². The summed E-state index contributed by atoms with van der Waals surface area (Å²) >= 11 is 0. The molecule has 1 rings (SSSR count). The van der Waals surface area contributed by atoms with Crippen LogP contribution in [0, 0.1) is 0 Å². The predicted molar refractivity (Wildman–Crippen MR) is 34.3 cm³/mol. The van der Waals surface area contributed by atoms with E-state index in [0.29, 0.717) is 25.8 Å². The van der Waals surface area contributed by atoms with E-state index in [2.05, 4.69) is 5.32 Å². The lowest BCUT2D eigenvalue weighted by Gasteiger charge is -2.06. The Kier molecular flexibility index (Phi) is 2.45. The molecule has 2 unspecified atom stereocenters. The lowest BCUT2D eigenvalue weighted by Crippen LogP contribution is -2.32. The molecular weight excluding hydrogens is 118 g/mol. The van der Waals surface area contributed by atoms with E-state index in [1.165, 1.54) is 0 Å². The first kappa shape index (κ1) is 6.99. The molecule has 0 aromatic rings. The highest BCUT2D eigenvalue weighted by molar-refractivity contribution is 4.68. The second kappa shape index (κ2) is 3.15. The highest BCUT2D eigenvalue weighted by Crippen LogP contribution is 1.93. The largest absolute Gasteiger partial charge is 0.389 e. The molecule has 0 aromatic heterocycles. The van der Waals surface area contributed by atoms with Crippen LogP contribution >= 0.6 is 0 Å². The first-order valence-corrected chi connectivity index (χ1v) is 3.28. The molecule has 54 valence electrons. The van der Waals surface area contributed by atoms with Crippen LogP contribution in [0.4, 0.5) is 0 Å². The van der Waals surface area contributed by atoms with Gasteiger partial charge in [-0.05, 0) is 6.92 Å². The topological polar surface area (TPSA) is 41.5 Å². The predicted octanol–water partition coefficient (Wildman–Crippen LogP) is -0.644. The quantitative estimate of drug-likeness (QED) is 0.459. The number of β-amino-alcohol motifs (C(OH)–C–C–N with tert-alkyl or cyclic N) is 1. The lowest BCUT2D eigenvalue weighted by atomic mass is 10.3. The summed E-state index contributed by atoms with van der Waals surface area (Å²) in [7, 11) is 0. The molecule has 3 nitrogen and oxygen atoms in total. The zero-order valence-corrected chi connectivity index (χ0v) is 5.63. The fraction of sp³-hybridized carbons (Fsp3) is 1.00. The van der Waals surface area contributed by atoms with Gasteiger partial charge in [0.05, 0.1) is 19.3 Å². The van der Waals surface area contributed by atoms with Gasteiger partial charge in [0.15, 0.2) is 0 Å². The zero-order valence-electron chi connectivity index (χ0n) is 5.63. The lowest BCUT2D eigenvalue weighted by molar-refractivity contribution is 0.0553. The smallest absolute Gasteiger partial charge is 0.0897 e. The van der Waals surface area contributed by atoms with Gasteiger partial charge in [-0.3, -0.25) is 0 Å². The third-order valence-corrected chi connectivity index (χ3v) is 1.38. The second-order valence-electron chi connectivity index (χ2n) is 2.50. The van der Waals surface area contributed by atoms with Gasteiger partial charge in [0, 0.05) is 12.6 Å². The van der Waals surface area contributed by atoms with Crippen molar-refractivity contribution in [2.75, 3.05) is 19.8 Å². The number of ether oxygens (including phenoxy) is 1. The Labute approximate surface area is 55.0 Å². The summed E-state index contributed by atoms with van der Waals surface area (Å²) in [5.41, 5.74) is 0. The van der Waals surface area contributed by atoms with Crippen molar-refractivity contribution in [1.82, 2.24) is 5.32 Å². The highest BCUT2D eigenvalue weighted by atomic mass is 16.5. The molecule has 2 N–H and O–H groups in total. The van der Waals surface area contributed by atoms with Gasteiger partial charge in [-0.15, -0.1) is 0 Å². The minimum absolute atomic E-state index is 0.324. The Morgan fingerprint density at radius 3 is 3.11 bits per heavy atom. The molecule has 9 heavy (non-hydrogen) atoms. The SMILES string of the molecule is CC1COCC(O)CN1. The maximum atomic E-state index is 9.02. The minimum atomic E-state index is -0.324. The Balaban J connectivity index is 2.25. The summed E-state index contributed by atoms with van der Waals surface area (Å²) in [6.45, 7) is 3.87. The molecule has 0 radical (unpaired) electrons. The summed E-state index contributed by atoms with van der Waals surface area (Å²) in [6, 6.07) is 0.377. The van der Waals surface area contributed by atoms with Crippen molar-refractivity contribution in [3.05, 3.63) is 0 Å². The van der Waals surface area contributed by atoms with E-state index < -0.39 is 0 Å². The van der Waals surface area contributed by atoms with Gasteiger partial charge in [-0.2, -0.15) is 0 Å². The number of hydrogen-bond donors (Lipinski definition) is 2. The number of rotatable bonds is 0. The number of aliphatic hydroxyl groups is 1. The Bertz CT molecular complexity index is 77.1. The molecular formula is C6H13NO2. The van der Waals surface area contributed by atoms with Crippen LogP contribution in [0.25, 0.3) is 0 Å². The third-order valence-electron chi connectivity index (χ3n) is 1.38. The molecule has 1 heterocycles. The van der Waals surface area contributed by atoms with Crippen molar-refractivity contribution in [3.8, 4) is 0 Å². The average molecular weight is 131 g/mol. The average Bonchev–Trinajstić information content (AvgIpc) is 1.97. The third kappa shape index (κ3) is 2.30. The van der Waals surface area contributed by atoms with Gasteiger partial charge in [0.25, 0.3) is 0 Å². The number of aliphatic hydroxyl groups excluding tert-OH is 1. The molecule has 0 spiro atoms. The summed E-state index contributed by atoms with van der Waals surface area (Å²) in [5.74, 6) is 0. The summed E-state index contributed by atoms with van der Waals surface area (Å²) in [5, 5.41) is 12.1. The van der Waals surface area contributed by atoms with Crippen LogP contribution in [0.5, 0.6) is 0 Å². The van der Waals surface area contributed by atoms with Crippen molar-refractivity contribution in [2.24, 2.45) is 0 Å². The molecule has 0 saturated carbocycles. The summed E-state index contributed by atoms with van der Waals surface area (Å²) in [4.78, 5) is 0. The van der Waals surface area contributed by atoms with E-state index in [4.69, 9.17) is 9.84 Å². The Morgan fingerprint density at radius 1 is 1.56 bits per heavy atom. The van der Waals surface area contributed by atoms with Crippen molar-refractivity contribution in [2.45, 2.75) is 19.1 Å². The molecule has 1 aliphatic heterocycles. The van der Waals surface area contributed by atoms with Gasteiger partial charge < -0.3 is 15.2 Å². The van der Waals surface area contributed by atoms with Crippen molar-refractivity contribution in [1.29, 1.82) is 0 Å². The van der Waals surface area contributed by atoms with Crippen molar-refractivity contribution < 1.29 is 9.84 Å². The van der Waals surface area contributed by atoms with Crippen LogP contribution in [-0.2, 0) is 4.74 Å². The first-order valence-electron chi connectivity index (χ1n) is 3.28. The van der Waals surface area contributed by atoms with E-state index in [1.807, 2.05) is 6.92 Å². The number of nitrogens with one attached hydrogen (secondary N) is 1. The fourth-order valence-corrected chi connectivity index (χ4v) is 0.836. The van der Waals surface area contributed by atoms with Gasteiger partial charge >= 0.3 is 0 Å². The van der Waals surface area contributed by atoms with Gasteiger partial charge in [-0.25, -0.2) is 0 Å². The summed E-state index contributed by atoms with van der Waals surface area (Å²) in [6.07, 6.45) is -0.324. The van der Waals surface area contributed by atoms with Crippen LogP contribution in [0.3, 0.4) is 0 Å². The van der Waals surface area contributed by atoms with Crippen LogP contribution in [0.1, 0.15) is 6.92 Å². The van der Waals surface area contributed by atoms with E-state index in [1.54, 1.807) is 0 Å². The Hall–Kier alpha value is -0.120. The van der Waals surface area contributed by atoms with Crippen molar-refractivity contribution in [3.63, 3.8) is 0 Å². The molecule has 1 fully saturated rings. The van der Waals surface area contributed by atoms with E-state index in [0.717, 1.165) is 0 Å². The maximum absolute atomic E-state index is 9.02. The Morgan fingerprint density at radius 2 is 2.33 bits per heavy atom. The first-order chi connectivity index (χ1) is 4.29. The molecule has 1 saturated heterocycles. The number of hydrogen-bond acceptors (Lipinski definition) is 3. The van der Waals surface area contributed by atoms with Crippen LogP contribution in [-0.4, -0.2) is 37.0 Å². The van der Waals surface area contributed by atoms with Gasteiger partial charge in [0.2, 0.25) is 0 Å². The molecule has 2 atom stereocenters. The zero-order chi connectivity index (χ0) is 6.69. The maximum Gasteiger partial charge on any atom is 0.0897 e. The van der Waals surface area contributed by atoms with Crippen LogP contribution in [0.15, 0.2) is 0 Å². The normalized spacial score (nSPS) is 38.0. The molecule has 3 heteroatoms. The molecule has 1 aliphatic rings. The van der Waals surface area contributed by atoms with E-state index >= 15 is 0 Å². The minimum Gasteiger partial charge on any atom is -0.389 e. The second-order valence-corrected chi connectivity index (χ2v) is 2.50. The van der Waals surface area contributed by atoms with Gasteiger partial charge in [-0.1, -0.05) is 0 Å². The molecule has 0 amide bonds. The molecule has 0 bridgehead atoms. The van der Waals surface area contributed by atoms with Crippen molar-refractivity contribution >= 4 is 0 Å². The van der Waals surface area contributed by atoms with Crippen LogP contribution in [0.2, 0.25) is 0 Å². The van der Waals surface area contributed by atoms with E-state index in [-0.39, 0.29) is 6.10 Å². The monoisotopic (exact) mass is 131 g/mol. The highest BCUT2D eigenvalue weighted by Gasteiger charge is 2.11. The van der Waals surface area contributed by atoms with Gasteiger partial charge in [0.1, 0.15) is 0 Å².